The Morgan fingerprint density at radius 3 is 2.95 bits per heavy atom. The Kier molecular flexibility index (Phi) is 4.79. The molecule has 0 spiro atoms. The lowest BCUT2D eigenvalue weighted by Gasteiger charge is -2.16. The number of rotatable bonds is 5. The predicted molar refractivity (Wildman–Crippen MR) is 79.8 cm³/mol. The second-order valence-electron chi connectivity index (χ2n) is 4.25. The second kappa shape index (κ2) is 6.56. The predicted octanol–water partition coefficient (Wildman–Crippen LogP) is 3.06. The summed E-state index contributed by atoms with van der Waals surface area (Å²) in [6.07, 6.45) is 4.16. The molecule has 2 rings (SSSR count). The molecule has 20 heavy (non-hydrogen) atoms. The summed E-state index contributed by atoms with van der Waals surface area (Å²) >= 11 is 3.36. The average Bonchev–Trinajstić information content (AvgIpc) is 2.98. The monoisotopic (exact) mass is 337 g/mol. The van der Waals surface area contributed by atoms with Crippen LogP contribution in [0.2, 0.25) is 0 Å². The minimum Gasteiger partial charge on any atom is -0.496 e. The van der Waals surface area contributed by atoms with Gasteiger partial charge < -0.3 is 15.0 Å². The first-order valence-corrected chi connectivity index (χ1v) is 7.08. The van der Waals surface area contributed by atoms with Gasteiger partial charge in [0.25, 0.3) is 5.91 Å². The number of aromatic nitrogens is 2. The standard InChI is InChI=1S/C14H16BrN3O2/c1-3-11(13-16-6-7-17-13)18-14(19)10-5-4-9(15)8-12(10)20-2/h4-8,11H,3H2,1-2H3,(H,16,17)(H,18,19). The molecule has 2 N–H and O–H groups in total. The van der Waals surface area contributed by atoms with Gasteiger partial charge in [-0.1, -0.05) is 22.9 Å². The molecular weight excluding hydrogens is 322 g/mol. The molecule has 106 valence electrons. The van der Waals surface area contributed by atoms with Crippen LogP contribution in [0.15, 0.2) is 35.1 Å². The third-order valence-electron chi connectivity index (χ3n) is 2.97. The van der Waals surface area contributed by atoms with Crippen LogP contribution in [-0.4, -0.2) is 23.0 Å². The molecule has 0 saturated carbocycles. The molecule has 0 radical (unpaired) electrons. The molecule has 0 saturated heterocycles. The zero-order valence-electron chi connectivity index (χ0n) is 11.3. The fourth-order valence-corrected chi connectivity index (χ4v) is 2.26. The van der Waals surface area contributed by atoms with Crippen molar-refractivity contribution in [1.82, 2.24) is 15.3 Å². The quantitative estimate of drug-likeness (QED) is 0.881. The van der Waals surface area contributed by atoms with Crippen molar-refractivity contribution in [3.63, 3.8) is 0 Å². The van der Waals surface area contributed by atoms with Crippen molar-refractivity contribution in [2.45, 2.75) is 19.4 Å². The second-order valence-corrected chi connectivity index (χ2v) is 5.17. The van der Waals surface area contributed by atoms with Crippen LogP contribution in [0.4, 0.5) is 0 Å². The number of nitrogens with one attached hydrogen (secondary N) is 2. The molecule has 1 amide bonds. The Hall–Kier alpha value is -1.82. The molecular formula is C14H16BrN3O2. The number of carbonyl (C=O) groups is 1. The molecule has 1 aromatic carbocycles. The largest absolute Gasteiger partial charge is 0.496 e. The first-order valence-electron chi connectivity index (χ1n) is 6.29. The van der Waals surface area contributed by atoms with Gasteiger partial charge in [-0.25, -0.2) is 4.98 Å². The van der Waals surface area contributed by atoms with Crippen molar-refractivity contribution in [2.75, 3.05) is 7.11 Å². The van der Waals surface area contributed by atoms with Gasteiger partial charge in [-0.2, -0.15) is 0 Å². The molecule has 2 aromatic rings. The minimum absolute atomic E-state index is 0.147. The van der Waals surface area contributed by atoms with E-state index in [1.165, 1.54) is 0 Å². The number of hydrogen-bond acceptors (Lipinski definition) is 3. The van der Waals surface area contributed by atoms with Crippen molar-refractivity contribution in [1.29, 1.82) is 0 Å². The van der Waals surface area contributed by atoms with Crippen molar-refractivity contribution < 1.29 is 9.53 Å². The number of imidazole rings is 1. The van der Waals surface area contributed by atoms with Crippen LogP contribution in [0.5, 0.6) is 5.75 Å². The Morgan fingerprint density at radius 1 is 1.55 bits per heavy atom. The van der Waals surface area contributed by atoms with Crippen molar-refractivity contribution in [3.05, 3.63) is 46.5 Å². The number of amides is 1. The Bertz CT molecular complexity index is 584. The first-order chi connectivity index (χ1) is 9.65. The van der Waals surface area contributed by atoms with E-state index < -0.39 is 0 Å². The van der Waals surface area contributed by atoms with E-state index >= 15 is 0 Å². The van der Waals surface area contributed by atoms with E-state index in [1.807, 2.05) is 13.0 Å². The van der Waals surface area contributed by atoms with Gasteiger partial charge in [0.05, 0.1) is 18.7 Å². The maximum absolute atomic E-state index is 12.4. The van der Waals surface area contributed by atoms with E-state index in [-0.39, 0.29) is 11.9 Å². The van der Waals surface area contributed by atoms with Crippen LogP contribution in [0.3, 0.4) is 0 Å². The van der Waals surface area contributed by atoms with Crippen LogP contribution in [0, 0.1) is 0 Å². The maximum atomic E-state index is 12.4. The molecule has 1 unspecified atom stereocenters. The van der Waals surface area contributed by atoms with Gasteiger partial charge in [-0.15, -0.1) is 0 Å². The number of benzene rings is 1. The van der Waals surface area contributed by atoms with E-state index in [2.05, 4.69) is 31.2 Å². The number of aromatic amines is 1. The fraction of sp³-hybridized carbons (Fsp3) is 0.286. The van der Waals surface area contributed by atoms with Gasteiger partial charge in [0, 0.05) is 16.9 Å². The van der Waals surface area contributed by atoms with Crippen LogP contribution < -0.4 is 10.1 Å². The SMILES string of the molecule is CCC(NC(=O)c1ccc(Br)cc1OC)c1ncc[nH]1. The highest BCUT2D eigenvalue weighted by molar-refractivity contribution is 9.10. The summed E-state index contributed by atoms with van der Waals surface area (Å²) in [6, 6.07) is 5.16. The zero-order chi connectivity index (χ0) is 14.5. The number of H-pyrrole nitrogens is 1. The van der Waals surface area contributed by atoms with Gasteiger partial charge >= 0.3 is 0 Å². The van der Waals surface area contributed by atoms with Crippen molar-refractivity contribution in [3.8, 4) is 5.75 Å². The summed E-state index contributed by atoms with van der Waals surface area (Å²) in [5.74, 6) is 1.10. The maximum Gasteiger partial charge on any atom is 0.255 e. The van der Waals surface area contributed by atoms with E-state index in [1.54, 1.807) is 31.6 Å². The third-order valence-corrected chi connectivity index (χ3v) is 3.46. The molecule has 1 heterocycles. The first kappa shape index (κ1) is 14.6. The average molecular weight is 338 g/mol. The molecule has 0 bridgehead atoms. The van der Waals surface area contributed by atoms with E-state index in [9.17, 15) is 4.79 Å². The van der Waals surface area contributed by atoms with Crippen molar-refractivity contribution >= 4 is 21.8 Å². The number of methoxy groups -OCH3 is 1. The topological polar surface area (TPSA) is 67.0 Å². The molecule has 0 aliphatic heterocycles. The molecule has 0 fully saturated rings. The van der Waals surface area contributed by atoms with E-state index in [4.69, 9.17) is 4.74 Å². The highest BCUT2D eigenvalue weighted by Crippen LogP contribution is 2.24. The lowest BCUT2D eigenvalue weighted by molar-refractivity contribution is 0.0931. The molecule has 1 aromatic heterocycles. The minimum atomic E-state index is -0.183. The summed E-state index contributed by atoms with van der Waals surface area (Å²) in [5, 5.41) is 2.95. The Balaban J connectivity index is 2.19. The van der Waals surface area contributed by atoms with E-state index in [0.717, 1.165) is 16.7 Å². The highest BCUT2D eigenvalue weighted by atomic mass is 79.9. The smallest absolute Gasteiger partial charge is 0.255 e. The van der Waals surface area contributed by atoms with Gasteiger partial charge in [0.1, 0.15) is 11.6 Å². The molecule has 0 aliphatic rings. The Labute approximate surface area is 125 Å². The summed E-state index contributed by atoms with van der Waals surface area (Å²) < 4.78 is 6.10. The van der Waals surface area contributed by atoms with Crippen molar-refractivity contribution in [2.24, 2.45) is 0 Å². The van der Waals surface area contributed by atoms with Gasteiger partial charge in [-0.05, 0) is 24.6 Å². The number of nitrogens with zero attached hydrogens (tertiary/aromatic N) is 1. The van der Waals surface area contributed by atoms with E-state index in [0.29, 0.717) is 11.3 Å². The van der Waals surface area contributed by atoms with Crippen LogP contribution in [0.25, 0.3) is 0 Å². The van der Waals surface area contributed by atoms with Crippen LogP contribution in [-0.2, 0) is 0 Å². The molecule has 0 aliphatic carbocycles. The number of halogens is 1. The number of ether oxygens (including phenoxy) is 1. The van der Waals surface area contributed by atoms with Gasteiger partial charge in [-0.3, -0.25) is 4.79 Å². The summed E-state index contributed by atoms with van der Waals surface area (Å²) in [5.41, 5.74) is 0.501. The number of carbonyl (C=O) groups excluding carboxylic acids is 1. The Morgan fingerprint density at radius 2 is 2.35 bits per heavy atom. The molecule has 5 nitrogen and oxygen atoms in total. The molecule has 6 heteroatoms. The van der Waals surface area contributed by atoms with Gasteiger partial charge in [0.2, 0.25) is 0 Å². The summed E-state index contributed by atoms with van der Waals surface area (Å²) in [6.45, 7) is 1.99. The lowest BCUT2D eigenvalue weighted by atomic mass is 10.1. The van der Waals surface area contributed by atoms with Crippen LogP contribution >= 0.6 is 15.9 Å². The number of hydrogen-bond donors (Lipinski definition) is 2. The summed E-state index contributed by atoms with van der Waals surface area (Å²) in [7, 11) is 1.54. The third kappa shape index (κ3) is 3.19. The zero-order valence-corrected chi connectivity index (χ0v) is 12.9. The van der Waals surface area contributed by atoms with Crippen LogP contribution in [0.1, 0.15) is 35.6 Å². The summed E-state index contributed by atoms with van der Waals surface area (Å²) in [4.78, 5) is 19.6. The normalized spacial score (nSPS) is 11.9. The van der Waals surface area contributed by atoms with Gasteiger partial charge in [0.15, 0.2) is 0 Å². The lowest BCUT2D eigenvalue weighted by Crippen LogP contribution is -2.29. The molecule has 1 atom stereocenters. The fourth-order valence-electron chi connectivity index (χ4n) is 1.92. The highest BCUT2D eigenvalue weighted by Gasteiger charge is 2.18.